The lowest BCUT2D eigenvalue weighted by atomic mass is 10.1. The lowest BCUT2D eigenvalue weighted by Crippen LogP contribution is -2.03. The third kappa shape index (κ3) is 2.69. The van der Waals surface area contributed by atoms with Gasteiger partial charge in [-0.25, -0.2) is 0 Å². The van der Waals surface area contributed by atoms with Crippen molar-refractivity contribution < 1.29 is 0 Å². The van der Waals surface area contributed by atoms with Crippen LogP contribution in [0.4, 0.5) is 0 Å². The Morgan fingerprint density at radius 2 is 2.00 bits per heavy atom. The van der Waals surface area contributed by atoms with Crippen LogP contribution in [-0.2, 0) is 20.0 Å². The van der Waals surface area contributed by atoms with Gasteiger partial charge in [-0.3, -0.25) is 4.68 Å². The Balaban J connectivity index is 2.03. The zero-order valence-corrected chi connectivity index (χ0v) is 13.0. The van der Waals surface area contributed by atoms with Crippen LogP contribution in [0.5, 0.6) is 0 Å². The topological polar surface area (TPSA) is 38.5 Å². The molecule has 1 N–H and O–H groups in total. The van der Waals surface area contributed by atoms with E-state index < -0.39 is 0 Å². The number of H-pyrrole nitrogens is 1. The molecule has 0 unspecified atom stereocenters. The van der Waals surface area contributed by atoms with Gasteiger partial charge in [-0.05, 0) is 24.2 Å². The summed E-state index contributed by atoms with van der Waals surface area (Å²) in [6.45, 7) is 2.86. The molecular formula is C16H18N4S. The first-order chi connectivity index (χ1) is 10.2. The second kappa shape index (κ2) is 5.69. The van der Waals surface area contributed by atoms with Gasteiger partial charge in [-0.1, -0.05) is 37.3 Å². The molecule has 0 aliphatic carbocycles. The van der Waals surface area contributed by atoms with Gasteiger partial charge in [0.15, 0.2) is 4.77 Å². The van der Waals surface area contributed by atoms with Gasteiger partial charge in [-0.15, -0.1) is 0 Å². The highest BCUT2D eigenvalue weighted by atomic mass is 32.1. The van der Waals surface area contributed by atoms with Crippen LogP contribution in [0.2, 0.25) is 0 Å². The highest BCUT2D eigenvalue weighted by molar-refractivity contribution is 7.71. The van der Waals surface area contributed by atoms with Crippen molar-refractivity contribution in [3.05, 3.63) is 58.8 Å². The van der Waals surface area contributed by atoms with E-state index in [2.05, 4.69) is 39.9 Å². The average Bonchev–Trinajstić information content (AvgIpc) is 3.04. The van der Waals surface area contributed by atoms with Crippen molar-refractivity contribution in [2.45, 2.75) is 19.9 Å². The summed E-state index contributed by atoms with van der Waals surface area (Å²) in [5.41, 5.74) is 4.60. The maximum Gasteiger partial charge on any atom is 0.177 e. The van der Waals surface area contributed by atoms with E-state index >= 15 is 0 Å². The van der Waals surface area contributed by atoms with Gasteiger partial charge in [0.25, 0.3) is 0 Å². The molecule has 3 rings (SSSR count). The molecule has 0 atom stereocenters. The summed E-state index contributed by atoms with van der Waals surface area (Å²) in [5.74, 6) is 0. The lowest BCUT2D eigenvalue weighted by molar-refractivity contribution is 0.746. The Morgan fingerprint density at radius 3 is 2.71 bits per heavy atom. The molecular weight excluding hydrogens is 280 g/mol. The SMILES string of the molecule is CCc1nn(C)cc1Cn1c(-c2ccccc2)c[nH]c1=S. The summed E-state index contributed by atoms with van der Waals surface area (Å²) in [4.78, 5) is 3.15. The molecule has 4 nitrogen and oxygen atoms in total. The number of aromatic amines is 1. The van der Waals surface area contributed by atoms with Crippen LogP contribution in [0.15, 0.2) is 42.7 Å². The van der Waals surface area contributed by atoms with Gasteiger partial charge >= 0.3 is 0 Å². The predicted octanol–water partition coefficient (Wildman–Crippen LogP) is 3.56. The van der Waals surface area contributed by atoms with Crippen molar-refractivity contribution in [2.24, 2.45) is 7.05 Å². The van der Waals surface area contributed by atoms with Crippen molar-refractivity contribution >= 4 is 12.2 Å². The first-order valence-electron chi connectivity index (χ1n) is 7.04. The summed E-state index contributed by atoms with van der Waals surface area (Å²) in [6, 6.07) is 10.3. The van der Waals surface area contributed by atoms with Gasteiger partial charge in [-0.2, -0.15) is 5.10 Å². The van der Waals surface area contributed by atoms with Gasteiger partial charge in [0, 0.05) is 25.0 Å². The van der Waals surface area contributed by atoms with Gasteiger partial charge in [0.1, 0.15) is 0 Å². The zero-order chi connectivity index (χ0) is 14.8. The van der Waals surface area contributed by atoms with Gasteiger partial charge in [0.05, 0.1) is 17.9 Å². The minimum Gasteiger partial charge on any atom is -0.337 e. The number of nitrogens with one attached hydrogen (secondary N) is 1. The summed E-state index contributed by atoms with van der Waals surface area (Å²) in [5, 5.41) is 4.50. The smallest absolute Gasteiger partial charge is 0.177 e. The largest absolute Gasteiger partial charge is 0.337 e. The summed E-state index contributed by atoms with van der Waals surface area (Å²) in [6.07, 6.45) is 4.97. The normalized spacial score (nSPS) is 11.0. The number of aromatic nitrogens is 4. The van der Waals surface area contributed by atoms with E-state index in [9.17, 15) is 0 Å². The van der Waals surface area contributed by atoms with Crippen LogP contribution < -0.4 is 0 Å². The van der Waals surface area contributed by atoms with E-state index in [1.807, 2.05) is 36.1 Å². The average molecular weight is 298 g/mol. The number of imidazole rings is 1. The van der Waals surface area contributed by atoms with E-state index in [4.69, 9.17) is 12.2 Å². The van der Waals surface area contributed by atoms with Crippen LogP contribution >= 0.6 is 12.2 Å². The highest BCUT2D eigenvalue weighted by Crippen LogP contribution is 2.21. The predicted molar refractivity (Wildman–Crippen MR) is 86.7 cm³/mol. The fourth-order valence-corrected chi connectivity index (χ4v) is 2.81. The molecule has 0 aliphatic rings. The maximum atomic E-state index is 5.44. The molecule has 0 amide bonds. The Bertz CT molecular complexity index is 795. The third-order valence-corrected chi connectivity index (χ3v) is 3.93. The lowest BCUT2D eigenvalue weighted by Gasteiger charge is -2.08. The number of rotatable bonds is 4. The molecule has 0 saturated carbocycles. The van der Waals surface area contributed by atoms with Crippen molar-refractivity contribution in [1.29, 1.82) is 0 Å². The number of aryl methyl sites for hydroxylation is 2. The number of benzene rings is 1. The second-order valence-corrected chi connectivity index (χ2v) is 5.45. The van der Waals surface area contributed by atoms with Crippen LogP contribution in [-0.4, -0.2) is 19.3 Å². The Hall–Kier alpha value is -2.14. The molecule has 21 heavy (non-hydrogen) atoms. The van der Waals surface area contributed by atoms with E-state index in [1.54, 1.807) is 0 Å². The summed E-state index contributed by atoms with van der Waals surface area (Å²) >= 11 is 5.44. The molecule has 0 spiro atoms. The van der Waals surface area contributed by atoms with Crippen molar-refractivity contribution in [3.8, 4) is 11.3 Å². The van der Waals surface area contributed by atoms with Crippen LogP contribution in [0.1, 0.15) is 18.2 Å². The van der Waals surface area contributed by atoms with Crippen molar-refractivity contribution in [1.82, 2.24) is 19.3 Å². The fraction of sp³-hybridized carbons (Fsp3) is 0.250. The number of hydrogen-bond acceptors (Lipinski definition) is 2. The first-order valence-corrected chi connectivity index (χ1v) is 7.45. The Labute approximate surface area is 129 Å². The molecule has 1 aromatic carbocycles. The van der Waals surface area contributed by atoms with Gasteiger partial charge < -0.3 is 9.55 Å². The third-order valence-electron chi connectivity index (χ3n) is 3.59. The van der Waals surface area contributed by atoms with Crippen molar-refractivity contribution in [2.75, 3.05) is 0 Å². The monoisotopic (exact) mass is 298 g/mol. The molecule has 0 radical (unpaired) electrons. The number of hydrogen-bond donors (Lipinski definition) is 1. The molecule has 0 bridgehead atoms. The molecule has 3 aromatic rings. The first kappa shape index (κ1) is 13.8. The Morgan fingerprint density at radius 1 is 1.24 bits per heavy atom. The van der Waals surface area contributed by atoms with E-state index in [0.29, 0.717) is 0 Å². The Kier molecular flexibility index (Phi) is 3.75. The number of nitrogens with zero attached hydrogens (tertiary/aromatic N) is 3. The molecule has 2 aromatic heterocycles. The van der Waals surface area contributed by atoms with Crippen LogP contribution in [0, 0.1) is 4.77 Å². The van der Waals surface area contributed by atoms with E-state index in [1.165, 1.54) is 5.56 Å². The molecule has 108 valence electrons. The van der Waals surface area contributed by atoms with Gasteiger partial charge in [0.2, 0.25) is 0 Å². The second-order valence-electron chi connectivity index (χ2n) is 5.06. The molecule has 0 aliphatic heterocycles. The van der Waals surface area contributed by atoms with Crippen LogP contribution in [0.3, 0.4) is 0 Å². The fourth-order valence-electron chi connectivity index (χ4n) is 2.58. The molecule has 2 heterocycles. The standard InChI is InChI=1S/C16H18N4S/c1-3-14-13(10-19(2)18-14)11-20-15(9-17-16(20)21)12-7-5-4-6-8-12/h4-10H,3,11H2,1-2H3,(H,17,21). The van der Waals surface area contributed by atoms with E-state index in [-0.39, 0.29) is 0 Å². The van der Waals surface area contributed by atoms with Crippen LogP contribution in [0.25, 0.3) is 11.3 Å². The van der Waals surface area contributed by atoms with Crippen molar-refractivity contribution in [3.63, 3.8) is 0 Å². The molecule has 5 heteroatoms. The molecule has 0 fully saturated rings. The summed E-state index contributed by atoms with van der Waals surface area (Å²) < 4.78 is 4.73. The summed E-state index contributed by atoms with van der Waals surface area (Å²) in [7, 11) is 1.96. The van der Waals surface area contributed by atoms with E-state index in [0.717, 1.165) is 34.7 Å². The quantitative estimate of drug-likeness (QED) is 0.748. The highest BCUT2D eigenvalue weighted by Gasteiger charge is 2.11. The minimum atomic E-state index is 0.736. The minimum absolute atomic E-state index is 0.736. The maximum absolute atomic E-state index is 5.44. The molecule has 0 saturated heterocycles. The zero-order valence-electron chi connectivity index (χ0n) is 12.2.